The fourth-order valence-electron chi connectivity index (χ4n) is 6.74. The van der Waals surface area contributed by atoms with Crippen LogP contribution in [0.2, 0.25) is 0 Å². The number of hydrogen-bond acceptors (Lipinski definition) is 14. The molecule has 0 spiro atoms. The molecular formula is C48H74N6O10P2. The van der Waals surface area contributed by atoms with Crippen molar-refractivity contribution in [3.05, 3.63) is 60.7 Å². The monoisotopic (exact) mass is 956 g/mol. The number of imidazole rings is 2. The number of phosphoric ester groups is 2. The summed E-state index contributed by atoms with van der Waals surface area (Å²) in [5, 5.41) is 0. The number of aromatic nitrogens is 4. The van der Waals surface area contributed by atoms with Crippen molar-refractivity contribution in [2.24, 2.45) is 0 Å². The highest BCUT2D eigenvalue weighted by Gasteiger charge is 2.39. The van der Waals surface area contributed by atoms with Gasteiger partial charge in [-0.25, -0.2) is 19.1 Å². The fraction of sp³-hybridized carbons (Fsp3) is 0.583. The zero-order chi connectivity index (χ0) is 48.9. The molecule has 66 heavy (non-hydrogen) atoms. The van der Waals surface area contributed by atoms with Gasteiger partial charge in [0.25, 0.3) is 0 Å². The van der Waals surface area contributed by atoms with Crippen LogP contribution in [0, 0.1) is 0 Å². The molecule has 0 atom stereocenters. The van der Waals surface area contributed by atoms with E-state index in [0.29, 0.717) is 58.4 Å². The van der Waals surface area contributed by atoms with E-state index < -0.39 is 38.0 Å². The lowest BCUT2D eigenvalue weighted by Gasteiger charge is -2.31. The number of rotatable bonds is 22. The molecule has 0 fully saturated rings. The Morgan fingerprint density at radius 1 is 0.500 bits per heavy atom. The molecule has 0 aliphatic carbocycles. The molecule has 0 N–H and O–H groups in total. The van der Waals surface area contributed by atoms with Crippen LogP contribution in [0.4, 0.5) is 0 Å². The standard InChI is InChI=1S/C48H74N6O10P2/c1-45(2,3)61-65(55,62-46(4,5)6)59-33-53-41-31-37(57-29-17-27-51(13)14)23-25-39(41)49-43(53)35-19-21-36(22-20-35)44-50-40-26-24-38(58-30-18-28-52(15)16)32-42(40)54(44)34-60-66(56,63-47(7,8)9)64-48(10,11)12/h19-26,31-32H,17-18,27-30,33-34H2,1-16H3. The molecule has 2 heterocycles. The normalized spacial score (nSPS) is 13.5. The molecule has 2 aromatic heterocycles. The maximum Gasteiger partial charge on any atom is 0.477 e. The molecule has 3 aromatic carbocycles. The fourth-order valence-corrected chi connectivity index (χ4v) is 10.2. The third-order valence-corrected chi connectivity index (χ3v) is 13.1. The quantitative estimate of drug-likeness (QED) is 0.0478. The topological polar surface area (TPSA) is 150 Å². The Kier molecular flexibility index (Phi) is 17.2. The van der Waals surface area contributed by atoms with Crippen LogP contribution in [0.3, 0.4) is 0 Å². The molecule has 18 heteroatoms. The number of phosphoric acid groups is 2. The lowest BCUT2D eigenvalue weighted by atomic mass is 10.1. The van der Waals surface area contributed by atoms with Crippen molar-refractivity contribution in [2.45, 2.75) is 132 Å². The lowest BCUT2D eigenvalue weighted by Crippen LogP contribution is -2.25. The van der Waals surface area contributed by atoms with Gasteiger partial charge in [-0.1, -0.05) is 24.3 Å². The molecule has 0 bridgehead atoms. The molecule has 16 nitrogen and oxygen atoms in total. The van der Waals surface area contributed by atoms with E-state index >= 15 is 0 Å². The minimum atomic E-state index is -4.12. The highest BCUT2D eigenvalue weighted by Crippen LogP contribution is 2.57. The number of hydrogen-bond donors (Lipinski definition) is 0. The maximum absolute atomic E-state index is 14.3. The van der Waals surface area contributed by atoms with Crippen LogP contribution in [0.5, 0.6) is 11.5 Å². The average molecular weight is 957 g/mol. The summed E-state index contributed by atoms with van der Waals surface area (Å²) in [5.74, 6) is 2.43. The lowest BCUT2D eigenvalue weighted by molar-refractivity contribution is -0.00723. The number of nitrogens with zero attached hydrogens (tertiary/aromatic N) is 6. The highest BCUT2D eigenvalue weighted by atomic mass is 31.2. The van der Waals surface area contributed by atoms with Crippen LogP contribution in [-0.2, 0) is 49.7 Å². The first-order valence-electron chi connectivity index (χ1n) is 22.5. The summed E-state index contributed by atoms with van der Waals surface area (Å²) >= 11 is 0. The van der Waals surface area contributed by atoms with E-state index in [1.165, 1.54) is 0 Å². The smallest absolute Gasteiger partial charge is 0.477 e. The van der Waals surface area contributed by atoms with Gasteiger partial charge in [-0.15, -0.1) is 0 Å². The zero-order valence-corrected chi connectivity index (χ0v) is 43.9. The van der Waals surface area contributed by atoms with E-state index in [9.17, 15) is 9.13 Å². The molecule has 0 unspecified atom stereocenters. The van der Waals surface area contributed by atoms with Crippen molar-refractivity contribution in [1.82, 2.24) is 28.9 Å². The predicted octanol–water partition coefficient (Wildman–Crippen LogP) is 11.8. The molecule has 366 valence electrons. The van der Waals surface area contributed by atoms with Gasteiger partial charge in [-0.2, -0.15) is 0 Å². The molecule has 0 aliphatic rings. The van der Waals surface area contributed by atoms with E-state index in [2.05, 4.69) is 9.80 Å². The van der Waals surface area contributed by atoms with Crippen LogP contribution in [0.1, 0.15) is 95.9 Å². The summed E-state index contributed by atoms with van der Waals surface area (Å²) in [4.78, 5) is 14.3. The molecule has 0 saturated heterocycles. The van der Waals surface area contributed by atoms with Gasteiger partial charge >= 0.3 is 15.6 Å². The third-order valence-electron chi connectivity index (χ3n) is 9.11. The second kappa shape index (κ2) is 21.3. The Balaban J connectivity index is 1.58. The number of benzene rings is 3. The van der Waals surface area contributed by atoms with E-state index in [-0.39, 0.29) is 13.5 Å². The minimum absolute atomic E-state index is 0.207. The SMILES string of the molecule is CN(C)CCCOc1ccc2nc(-c3ccc(-c4nc5ccc(OCCCN(C)C)cc5n4COP(=O)(OC(C)(C)C)OC(C)(C)C)cc3)n(COP(=O)(OC(C)(C)C)OC(C)(C)C)c2c1. The first-order valence-corrected chi connectivity index (χ1v) is 25.4. The van der Waals surface area contributed by atoms with Crippen LogP contribution < -0.4 is 9.47 Å². The molecule has 0 saturated carbocycles. The van der Waals surface area contributed by atoms with E-state index in [1.807, 2.05) is 98.0 Å². The van der Waals surface area contributed by atoms with Crippen LogP contribution in [-0.4, -0.2) is 106 Å². The summed E-state index contributed by atoms with van der Waals surface area (Å²) in [5.41, 5.74) is 0.924. The van der Waals surface area contributed by atoms with E-state index in [0.717, 1.165) is 37.1 Å². The van der Waals surface area contributed by atoms with Crippen LogP contribution in [0.15, 0.2) is 60.7 Å². The Morgan fingerprint density at radius 3 is 1.11 bits per heavy atom. The zero-order valence-electron chi connectivity index (χ0n) is 42.1. The maximum atomic E-state index is 14.3. The molecule has 0 amide bonds. The van der Waals surface area contributed by atoms with Gasteiger partial charge in [0, 0.05) is 36.3 Å². The second-order valence-electron chi connectivity index (χ2n) is 20.8. The van der Waals surface area contributed by atoms with Crippen LogP contribution >= 0.6 is 15.6 Å². The molecule has 5 rings (SSSR count). The van der Waals surface area contributed by atoms with Gasteiger partial charge in [0.2, 0.25) is 0 Å². The number of fused-ring (bicyclic) bond motifs is 2. The van der Waals surface area contributed by atoms with E-state index in [4.69, 9.17) is 46.6 Å². The van der Waals surface area contributed by atoms with Crippen molar-refractivity contribution in [3.8, 4) is 34.3 Å². The highest BCUT2D eigenvalue weighted by molar-refractivity contribution is 7.48. The van der Waals surface area contributed by atoms with E-state index in [1.54, 1.807) is 83.1 Å². The first-order chi connectivity index (χ1) is 30.5. The molecule has 0 radical (unpaired) electrons. The van der Waals surface area contributed by atoms with Gasteiger partial charge in [-0.3, -0.25) is 36.3 Å². The average Bonchev–Trinajstić information content (AvgIpc) is 3.71. The summed E-state index contributed by atoms with van der Waals surface area (Å²) in [6.07, 6.45) is 1.70. The van der Waals surface area contributed by atoms with Crippen molar-refractivity contribution in [1.29, 1.82) is 0 Å². The Labute approximate surface area is 392 Å². The summed E-state index contributed by atoms with van der Waals surface area (Å²) in [7, 11) is -0.118. The van der Waals surface area contributed by atoms with Gasteiger partial charge in [0.1, 0.15) is 36.6 Å². The summed E-state index contributed by atoms with van der Waals surface area (Å²) in [6.45, 7) is 24.0. The van der Waals surface area contributed by atoms with Crippen molar-refractivity contribution < 1.29 is 45.7 Å². The molecule has 5 aromatic rings. The Bertz CT molecular complexity index is 2260. The minimum Gasteiger partial charge on any atom is -0.493 e. The first kappa shape index (κ1) is 53.3. The molecule has 0 aliphatic heterocycles. The van der Waals surface area contributed by atoms with Gasteiger partial charge in [-0.05, 0) is 148 Å². The second-order valence-corrected chi connectivity index (χ2v) is 23.9. The predicted molar refractivity (Wildman–Crippen MR) is 262 cm³/mol. The van der Waals surface area contributed by atoms with Crippen molar-refractivity contribution >= 4 is 37.7 Å². The largest absolute Gasteiger partial charge is 0.493 e. The Morgan fingerprint density at radius 2 is 0.818 bits per heavy atom. The molecular weight excluding hydrogens is 883 g/mol. The van der Waals surface area contributed by atoms with Gasteiger partial charge < -0.3 is 19.3 Å². The van der Waals surface area contributed by atoms with Gasteiger partial charge in [0.15, 0.2) is 0 Å². The summed E-state index contributed by atoms with van der Waals surface area (Å²) in [6, 6.07) is 19.1. The van der Waals surface area contributed by atoms with Crippen molar-refractivity contribution in [2.75, 3.05) is 54.5 Å². The van der Waals surface area contributed by atoms with Crippen LogP contribution in [0.25, 0.3) is 44.8 Å². The van der Waals surface area contributed by atoms with Crippen molar-refractivity contribution in [3.63, 3.8) is 0 Å². The Hall–Kier alpha value is -3.66. The van der Waals surface area contributed by atoms with Gasteiger partial charge in [0.05, 0.1) is 57.7 Å². The third kappa shape index (κ3) is 16.3. The summed E-state index contributed by atoms with van der Waals surface area (Å²) < 4.78 is 80.9. The number of ether oxygens (including phenoxy) is 2.